The van der Waals surface area contributed by atoms with Crippen molar-refractivity contribution in [3.05, 3.63) is 65.6 Å². The van der Waals surface area contributed by atoms with Crippen LogP contribution in [-0.2, 0) is 17.0 Å². The van der Waals surface area contributed by atoms with E-state index in [1.54, 1.807) is 11.8 Å². The molecule has 3 aromatic heterocycles. The second kappa shape index (κ2) is 9.30. The van der Waals surface area contributed by atoms with Crippen molar-refractivity contribution in [2.75, 3.05) is 32.8 Å². The largest absolute Gasteiger partial charge is 0.379 e. The predicted molar refractivity (Wildman–Crippen MR) is 136 cm³/mol. The molecule has 0 spiro atoms. The number of ether oxygens (including phenoxy) is 1. The Hall–Kier alpha value is -3.45. The van der Waals surface area contributed by atoms with Gasteiger partial charge in [-0.2, -0.15) is 10.4 Å². The van der Waals surface area contributed by atoms with Crippen molar-refractivity contribution in [3.63, 3.8) is 0 Å². The van der Waals surface area contributed by atoms with Crippen LogP contribution in [0.3, 0.4) is 0 Å². The zero-order chi connectivity index (χ0) is 23.8. The highest BCUT2D eigenvalue weighted by Gasteiger charge is 2.19. The lowest BCUT2D eigenvalue weighted by atomic mass is 10.1. The molecular weight excluding hydrogens is 458 g/mol. The first kappa shape index (κ1) is 22.0. The molecule has 176 valence electrons. The highest BCUT2D eigenvalue weighted by atomic mass is 32.2. The Bertz CT molecular complexity index is 1580. The second-order valence-electron chi connectivity index (χ2n) is 8.66. The Labute approximate surface area is 207 Å². The third kappa shape index (κ3) is 4.04. The van der Waals surface area contributed by atoms with Gasteiger partial charge in [0.15, 0.2) is 5.16 Å². The molecule has 1 aliphatic heterocycles. The van der Waals surface area contributed by atoms with Crippen LogP contribution >= 0.6 is 11.8 Å². The Balaban J connectivity index is 1.36. The number of imidazole rings is 1. The molecule has 0 atom stereocenters. The fourth-order valence-corrected chi connectivity index (χ4v) is 5.64. The highest BCUT2D eigenvalue weighted by molar-refractivity contribution is 7.98. The van der Waals surface area contributed by atoms with Gasteiger partial charge in [-0.25, -0.2) is 14.5 Å². The van der Waals surface area contributed by atoms with Crippen molar-refractivity contribution in [2.24, 2.45) is 0 Å². The van der Waals surface area contributed by atoms with Gasteiger partial charge in [0.25, 0.3) is 0 Å². The maximum atomic E-state index is 9.79. The molecule has 35 heavy (non-hydrogen) atoms. The summed E-state index contributed by atoms with van der Waals surface area (Å²) in [5, 5.41) is 16.2. The van der Waals surface area contributed by atoms with Crippen LogP contribution in [0.5, 0.6) is 0 Å². The molecule has 0 saturated carbocycles. The van der Waals surface area contributed by atoms with E-state index in [9.17, 15) is 5.26 Å². The molecule has 8 nitrogen and oxygen atoms in total. The van der Waals surface area contributed by atoms with Crippen molar-refractivity contribution in [2.45, 2.75) is 24.4 Å². The SMILES string of the molecule is Cc1nn2c(SCc3nc4ccccc4n3CCN3CCOCC3)nc3ccccc3c2c1C#N. The minimum Gasteiger partial charge on any atom is -0.379 e. The zero-order valence-electron chi connectivity index (χ0n) is 19.5. The summed E-state index contributed by atoms with van der Waals surface area (Å²) < 4.78 is 9.65. The van der Waals surface area contributed by atoms with Crippen molar-refractivity contribution in [3.8, 4) is 6.07 Å². The first-order chi connectivity index (χ1) is 17.2. The van der Waals surface area contributed by atoms with E-state index in [4.69, 9.17) is 14.7 Å². The number of para-hydroxylation sites is 3. The van der Waals surface area contributed by atoms with Gasteiger partial charge in [-0.05, 0) is 25.1 Å². The number of benzene rings is 2. The Morgan fingerprint density at radius 1 is 1.00 bits per heavy atom. The first-order valence-electron chi connectivity index (χ1n) is 11.8. The molecule has 5 aromatic rings. The third-order valence-corrected chi connectivity index (χ3v) is 7.46. The van der Waals surface area contributed by atoms with Crippen LogP contribution in [0.4, 0.5) is 0 Å². The lowest BCUT2D eigenvalue weighted by molar-refractivity contribution is 0.0364. The Kier molecular flexibility index (Phi) is 5.86. The summed E-state index contributed by atoms with van der Waals surface area (Å²) in [7, 11) is 0. The molecule has 0 radical (unpaired) electrons. The average molecular weight is 484 g/mol. The van der Waals surface area contributed by atoms with E-state index >= 15 is 0 Å². The monoisotopic (exact) mass is 483 g/mol. The molecule has 6 rings (SSSR count). The van der Waals surface area contributed by atoms with Crippen molar-refractivity contribution in [1.29, 1.82) is 5.26 Å². The lowest BCUT2D eigenvalue weighted by Crippen LogP contribution is -2.38. The molecule has 0 N–H and O–H groups in total. The molecule has 0 amide bonds. The summed E-state index contributed by atoms with van der Waals surface area (Å²) in [5.74, 6) is 1.66. The number of nitrogens with zero attached hydrogens (tertiary/aromatic N) is 7. The fraction of sp³-hybridized carbons (Fsp3) is 0.308. The van der Waals surface area contributed by atoms with Crippen molar-refractivity contribution in [1.82, 2.24) is 29.0 Å². The van der Waals surface area contributed by atoms with Crippen molar-refractivity contribution < 1.29 is 4.74 Å². The Morgan fingerprint density at radius 3 is 2.60 bits per heavy atom. The van der Waals surface area contributed by atoms with Gasteiger partial charge in [-0.15, -0.1) is 0 Å². The number of hydrogen-bond donors (Lipinski definition) is 0. The number of nitriles is 1. The van der Waals surface area contributed by atoms with Gasteiger partial charge in [0.05, 0.1) is 46.7 Å². The molecule has 1 saturated heterocycles. The van der Waals surface area contributed by atoms with Gasteiger partial charge >= 0.3 is 0 Å². The maximum absolute atomic E-state index is 9.79. The molecule has 2 aromatic carbocycles. The number of hydrogen-bond acceptors (Lipinski definition) is 7. The van der Waals surface area contributed by atoms with Crippen LogP contribution in [0.15, 0.2) is 53.7 Å². The smallest absolute Gasteiger partial charge is 0.190 e. The standard InChI is InChI=1S/C26H25N7OS/c1-18-20(16-27)25-19-6-2-3-7-21(19)29-26(33(25)30-18)35-17-24-28-22-8-4-5-9-23(22)32(24)11-10-31-12-14-34-15-13-31/h2-9H,10-15,17H2,1H3. The van der Waals surface area contributed by atoms with E-state index in [0.717, 1.165) is 77.8 Å². The number of fused-ring (bicyclic) bond motifs is 4. The van der Waals surface area contributed by atoms with Crippen molar-refractivity contribution >= 4 is 39.2 Å². The van der Waals surface area contributed by atoms with E-state index in [-0.39, 0.29) is 0 Å². The second-order valence-corrected chi connectivity index (χ2v) is 9.60. The topological polar surface area (TPSA) is 84.3 Å². The summed E-state index contributed by atoms with van der Waals surface area (Å²) in [6.07, 6.45) is 0. The zero-order valence-corrected chi connectivity index (χ0v) is 20.3. The molecule has 1 fully saturated rings. The average Bonchev–Trinajstić information content (AvgIpc) is 3.43. The van der Waals surface area contributed by atoms with Gasteiger partial charge in [-0.3, -0.25) is 4.90 Å². The molecule has 0 aliphatic carbocycles. The van der Waals surface area contributed by atoms with Gasteiger partial charge in [-0.1, -0.05) is 42.1 Å². The van der Waals surface area contributed by atoms with Gasteiger partial charge in [0.1, 0.15) is 17.5 Å². The van der Waals surface area contributed by atoms with Crippen LogP contribution < -0.4 is 0 Å². The van der Waals surface area contributed by atoms with E-state index < -0.39 is 0 Å². The summed E-state index contributed by atoms with van der Waals surface area (Å²) in [6, 6.07) is 18.6. The number of thioether (sulfide) groups is 1. The quantitative estimate of drug-likeness (QED) is 0.266. The summed E-state index contributed by atoms with van der Waals surface area (Å²) in [6.45, 7) is 7.24. The summed E-state index contributed by atoms with van der Waals surface area (Å²) >= 11 is 1.60. The van der Waals surface area contributed by atoms with Gasteiger partial charge in [0.2, 0.25) is 0 Å². The van der Waals surface area contributed by atoms with Crippen LogP contribution in [0.2, 0.25) is 0 Å². The molecule has 0 bridgehead atoms. The van der Waals surface area contributed by atoms with Crippen LogP contribution in [-0.4, -0.2) is 61.9 Å². The molecule has 1 aliphatic rings. The molecular formula is C26H25N7OS. The van der Waals surface area contributed by atoms with Gasteiger partial charge in [0, 0.05) is 31.6 Å². The number of rotatable bonds is 6. The molecule has 4 heterocycles. The normalized spacial score (nSPS) is 14.7. The summed E-state index contributed by atoms with van der Waals surface area (Å²) in [5.41, 5.74) is 5.14. The maximum Gasteiger partial charge on any atom is 0.190 e. The molecule has 0 unspecified atom stereocenters. The Morgan fingerprint density at radius 2 is 1.77 bits per heavy atom. The highest BCUT2D eigenvalue weighted by Crippen LogP contribution is 2.30. The predicted octanol–water partition coefficient (Wildman–Crippen LogP) is 4.04. The molecule has 9 heteroatoms. The minimum absolute atomic E-state index is 0.600. The lowest BCUT2D eigenvalue weighted by Gasteiger charge is -2.27. The third-order valence-electron chi connectivity index (χ3n) is 6.54. The number of aryl methyl sites for hydroxylation is 1. The van der Waals surface area contributed by atoms with Crippen LogP contribution in [0, 0.1) is 18.3 Å². The van der Waals surface area contributed by atoms with E-state index in [1.807, 2.05) is 41.8 Å². The number of morpholine rings is 1. The first-order valence-corrected chi connectivity index (χ1v) is 12.8. The van der Waals surface area contributed by atoms with Crippen LogP contribution in [0.25, 0.3) is 27.5 Å². The van der Waals surface area contributed by atoms with Crippen LogP contribution in [0.1, 0.15) is 17.1 Å². The van der Waals surface area contributed by atoms with Gasteiger partial charge < -0.3 is 9.30 Å². The van der Waals surface area contributed by atoms with E-state index in [2.05, 4.69) is 38.8 Å². The summed E-state index contributed by atoms with van der Waals surface area (Å²) in [4.78, 5) is 12.3. The number of aromatic nitrogens is 5. The van der Waals surface area contributed by atoms with E-state index in [1.165, 1.54) is 0 Å². The van der Waals surface area contributed by atoms with E-state index in [0.29, 0.717) is 17.0 Å². The fourth-order valence-electron chi connectivity index (χ4n) is 4.74. The minimum atomic E-state index is 0.600.